The Hall–Kier alpha value is -2.42. The van der Waals surface area contributed by atoms with Gasteiger partial charge in [0, 0.05) is 31.8 Å². The molecule has 0 atom stereocenters. The van der Waals surface area contributed by atoms with Crippen molar-refractivity contribution in [2.45, 2.75) is 6.92 Å². The molecule has 0 spiro atoms. The molecule has 2 heterocycles. The fraction of sp³-hybridized carbons (Fsp3) is 0.250. The first kappa shape index (κ1) is 15.0. The molecule has 112 valence electrons. The lowest BCUT2D eigenvalue weighted by Gasteiger charge is -2.06. The molecule has 21 heavy (non-hydrogen) atoms. The van der Waals surface area contributed by atoms with E-state index in [1.165, 1.54) is 13.1 Å². The number of sulfonamides is 1. The van der Waals surface area contributed by atoms with Gasteiger partial charge in [-0.3, -0.25) is 19.2 Å². The van der Waals surface area contributed by atoms with E-state index in [1.54, 1.807) is 30.1 Å². The summed E-state index contributed by atoms with van der Waals surface area (Å²) in [5.74, 6) is 0.201. The van der Waals surface area contributed by atoms with Gasteiger partial charge in [0.15, 0.2) is 5.82 Å². The van der Waals surface area contributed by atoms with Gasteiger partial charge in [0.25, 0.3) is 0 Å². The summed E-state index contributed by atoms with van der Waals surface area (Å²) in [7, 11) is -1.65. The van der Waals surface area contributed by atoms with E-state index in [1.807, 2.05) is 0 Å². The van der Waals surface area contributed by atoms with Crippen LogP contribution in [0.2, 0.25) is 0 Å². The molecule has 2 aromatic heterocycles. The zero-order chi connectivity index (χ0) is 15.6. The average Bonchev–Trinajstić information content (AvgIpc) is 2.67. The Labute approximate surface area is 122 Å². The highest BCUT2D eigenvalue weighted by atomic mass is 32.2. The standard InChI is InChI=1S/C12H15N5O3S/c1-8(18)14-12-5-11(17(2)15-12)9-4-10(7-13-6-9)16-21(3,19)20/h4-7,16H,1-3H3,(H,14,15,18). The van der Waals surface area contributed by atoms with Gasteiger partial charge in [-0.05, 0) is 6.07 Å². The first-order valence-electron chi connectivity index (χ1n) is 5.99. The van der Waals surface area contributed by atoms with Gasteiger partial charge in [0.05, 0.1) is 23.8 Å². The SMILES string of the molecule is CC(=O)Nc1cc(-c2cncc(NS(C)(=O)=O)c2)n(C)n1. The summed E-state index contributed by atoms with van der Waals surface area (Å²) in [6.07, 6.45) is 4.07. The summed E-state index contributed by atoms with van der Waals surface area (Å²) >= 11 is 0. The lowest BCUT2D eigenvalue weighted by molar-refractivity contribution is -0.114. The predicted octanol–water partition coefficient (Wildman–Crippen LogP) is 0.812. The van der Waals surface area contributed by atoms with Crippen molar-refractivity contribution in [2.24, 2.45) is 7.05 Å². The van der Waals surface area contributed by atoms with E-state index in [2.05, 4.69) is 20.1 Å². The lowest BCUT2D eigenvalue weighted by Crippen LogP contribution is -2.09. The van der Waals surface area contributed by atoms with Crippen LogP contribution in [0.3, 0.4) is 0 Å². The highest BCUT2D eigenvalue weighted by molar-refractivity contribution is 7.92. The first-order chi connectivity index (χ1) is 9.74. The molecule has 0 fully saturated rings. The van der Waals surface area contributed by atoms with Gasteiger partial charge in [-0.25, -0.2) is 8.42 Å². The number of aromatic nitrogens is 3. The molecule has 0 radical (unpaired) electrons. The number of amides is 1. The highest BCUT2D eigenvalue weighted by Crippen LogP contribution is 2.24. The van der Waals surface area contributed by atoms with Gasteiger partial charge in [-0.1, -0.05) is 0 Å². The largest absolute Gasteiger partial charge is 0.309 e. The molecule has 8 nitrogen and oxygen atoms in total. The van der Waals surface area contributed by atoms with Gasteiger partial charge >= 0.3 is 0 Å². The third-order valence-corrected chi connectivity index (χ3v) is 3.13. The topological polar surface area (TPSA) is 106 Å². The van der Waals surface area contributed by atoms with Gasteiger partial charge in [0.2, 0.25) is 15.9 Å². The van der Waals surface area contributed by atoms with Crippen LogP contribution in [0, 0.1) is 0 Å². The van der Waals surface area contributed by atoms with Crippen LogP contribution in [0.25, 0.3) is 11.3 Å². The molecular weight excluding hydrogens is 294 g/mol. The van der Waals surface area contributed by atoms with Crippen LogP contribution in [0.4, 0.5) is 11.5 Å². The van der Waals surface area contributed by atoms with Crippen LogP contribution in [-0.4, -0.2) is 35.3 Å². The minimum Gasteiger partial charge on any atom is -0.309 e. The minimum absolute atomic E-state index is 0.217. The molecule has 0 aliphatic rings. The molecule has 0 aliphatic heterocycles. The summed E-state index contributed by atoms with van der Waals surface area (Å²) in [6, 6.07) is 3.32. The number of pyridine rings is 1. The van der Waals surface area contributed by atoms with Gasteiger partial charge in [-0.15, -0.1) is 0 Å². The zero-order valence-corrected chi connectivity index (χ0v) is 12.6. The number of hydrogen-bond acceptors (Lipinski definition) is 5. The van der Waals surface area contributed by atoms with E-state index in [-0.39, 0.29) is 5.91 Å². The Morgan fingerprint density at radius 3 is 2.62 bits per heavy atom. The molecule has 0 unspecified atom stereocenters. The van der Waals surface area contributed by atoms with E-state index >= 15 is 0 Å². The second kappa shape index (κ2) is 5.52. The third-order valence-electron chi connectivity index (χ3n) is 2.52. The van der Waals surface area contributed by atoms with Crippen molar-refractivity contribution < 1.29 is 13.2 Å². The highest BCUT2D eigenvalue weighted by Gasteiger charge is 2.10. The Balaban J connectivity index is 2.36. The minimum atomic E-state index is -3.37. The van der Waals surface area contributed by atoms with Crippen molar-refractivity contribution in [3.05, 3.63) is 24.5 Å². The van der Waals surface area contributed by atoms with Crippen LogP contribution in [-0.2, 0) is 21.9 Å². The zero-order valence-electron chi connectivity index (χ0n) is 11.8. The Bertz CT molecular complexity index is 782. The fourth-order valence-electron chi connectivity index (χ4n) is 1.83. The predicted molar refractivity (Wildman–Crippen MR) is 79.2 cm³/mol. The van der Waals surface area contributed by atoms with Crippen molar-refractivity contribution in [1.29, 1.82) is 0 Å². The Morgan fingerprint density at radius 1 is 1.29 bits per heavy atom. The maximum atomic E-state index is 11.2. The van der Waals surface area contributed by atoms with Crippen molar-refractivity contribution in [3.8, 4) is 11.3 Å². The Kier molecular flexibility index (Phi) is 3.94. The normalized spacial score (nSPS) is 11.2. The van der Waals surface area contributed by atoms with Gasteiger partial charge in [0.1, 0.15) is 0 Å². The molecular formula is C12H15N5O3S. The molecule has 0 aliphatic carbocycles. The van der Waals surface area contributed by atoms with Gasteiger partial charge in [-0.2, -0.15) is 5.10 Å². The molecule has 1 amide bonds. The van der Waals surface area contributed by atoms with Crippen LogP contribution in [0.5, 0.6) is 0 Å². The van der Waals surface area contributed by atoms with E-state index in [0.717, 1.165) is 6.26 Å². The number of anilines is 2. The van der Waals surface area contributed by atoms with E-state index in [9.17, 15) is 13.2 Å². The van der Waals surface area contributed by atoms with E-state index < -0.39 is 10.0 Å². The summed E-state index contributed by atoms with van der Waals surface area (Å²) in [5, 5.41) is 6.74. The van der Waals surface area contributed by atoms with Crippen LogP contribution in [0.15, 0.2) is 24.5 Å². The molecule has 0 saturated carbocycles. The Morgan fingerprint density at radius 2 is 2.00 bits per heavy atom. The van der Waals surface area contributed by atoms with E-state index in [0.29, 0.717) is 22.8 Å². The van der Waals surface area contributed by atoms with Crippen molar-refractivity contribution >= 4 is 27.4 Å². The van der Waals surface area contributed by atoms with Crippen LogP contribution >= 0.6 is 0 Å². The number of aryl methyl sites for hydroxylation is 1. The molecule has 0 bridgehead atoms. The molecule has 2 N–H and O–H groups in total. The summed E-state index contributed by atoms with van der Waals surface area (Å²) in [4.78, 5) is 15.0. The molecule has 9 heteroatoms. The smallest absolute Gasteiger partial charge is 0.229 e. The van der Waals surface area contributed by atoms with Crippen LogP contribution < -0.4 is 10.0 Å². The number of hydrogen-bond donors (Lipinski definition) is 2. The number of carbonyl (C=O) groups is 1. The summed E-state index contributed by atoms with van der Waals surface area (Å²) in [5.41, 5.74) is 1.73. The maximum absolute atomic E-state index is 11.2. The second-order valence-electron chi connectivity index (χ2n) is 4.56. The van der Waals surface area contributed by atoms with E-state index in [4.69, 9.17) is 0 Å². The summed E-state index contributed by atoms with van der Waals surface area (Å²) < 4.78 is 26.4. The van der Waals surface area contributed by atoms with Crippen molar-refractivity contribution in [2.75, 3.05) is 16.3 Å². The van der Waals surface area contributed by atoms with Crippen LogP contribution in [0.1, 0.15) is 6.92 Å². The third kappa shape index (κ3) is 4.02. The number of carbonyl (C=O) groups excluding carboxylic acids is 1. The summed E-state index contributed by atoms with van der Waals surface area (Å²) in [6.45, 7) is 1.40. The first-order valence-corrected chi connectivity index (χ1v) is 7.88. The fourth-order valence-corrected chi connectivity index (χ4v) is 2.37. The lowest BCUT2D eigenvalue weighted by atomic mass is 10.2. The average molecular weight is 309 g/mol. The number of nitrogens with zero attached hydrogens (tertiary/aromatic N) is 3. The van der Waals surface area contributed by atoms with Crippen molar-refractivity contribution in [3.63, 3.8) is 0 Å². The molecule has 2 aromatic rings. The number of rotatable bonds is 4. The molecule has 2 rings (SSSR count). The number of nitrogens with one attached hydrogen (secondary N) is 2. The van der Waals surface area contributed by atoms with Gasteiger partial charge < -0.3 is 5.32 Å². The molecule has 0 saturated heterocycles. The molecule has 0 aromatic carbocycles. The maximum Gasteiger partial charge on any atom is 0.229 e. The second-order valence-corrected chi connectivity index (χ2v) is 6.30. The quantitative estimate of drug-likeness (QED) is 0.869. The monoisotopic (exact) mass is 309 g/mol. The van der Waals surface area contributed by atoms with Crippen molar-refractivity contribution in [1.82, 2.24) is 14.8 Å².